The Labute approximate surface area is 157 Å². The third kappa shape index (κ3) is 4.49. The largest absolute Gasteiger partial charge is 0.451 e. The van der Waals surface area contributed by atoms with Crippen LogP contribution in [0.15, 0.2) is 29.3 Å². The van der Waals surface area contributed by atoms with Gasteiger partial charge in [0.05, 0.1) is 17.2 Å². The van der Waals surface area contributed by atoms with Crippen molar-refractivity contribution in [1.82, 2.24) is 14.9 Å². The molecule has 2 heterocycles. The highest BCUT2D eigenvalue weighted by Gasteiger charge is 2.35. The average Bonchev–Trinajstić information content (AvgIpc) is 2.65. The third-order valence-electron chi connectivity index (χ3n) is 4.33. The lowest BCUT2D eigenvalue weighted by Gasteiger charge is -2.31. The fourth-order valence-electron chi connectivity index (χ4n) is 2.94. The van der Waals surface area contributed by atoms with E-state index in [1.54, 1.807) is 18.2 Å². The second-order valence-corrected chi connectivity index (χ2v) is 7.20. The van der Waals surface area contributed by atoms with E-state index in [0.717, 1.165) is 11.8 Å². The van der Waals surface area contributed by atoms with Crippen LogP contribution in [0.1, 0.15) is 18.7 Å². The van der Waals surface area contributed by atoms with Gasteiger partial charge in [0.15, 0.2) is 0 Å². The molecule has 2 aromatic rings. The van der Waals surface area contributed by atoms with E-state index >= 15 is 0 Å². The van der Waals surface area contributed by atoms with Gasteiger partial charge in [-0.05, 0) is 18.9 Å². The first-order chi connectivity index (χ1) is 12.8. The monoisotopic (exact) mass is 398 g/mol. The Hall–Kier alpha value is -2.36. The molecular formula is C17H17F3N4O2S. The molecule has 1 unspecified atom stereocenters. The first-order valence-electron chi connectivity index (χ1n) is 8.29. The van der Waals surface area contributed by atoms with Gasteiger partial charge in [0.25, 0.3) is 0 Å². The quantitative estimate of drug-likeness (QED) is 0.631. The summed E-state index contributed by atoms with van der Waals surface area (Å²) in [6, 6.07) is 6.35. The summed E-state index contributed by atoms with van der Waals surface area (Å²) in [7, 11) is 0. The highest BCUT2D eigenvalue weighted by molar-refractivity contribution is 8.00. The van der Waals surface area contributed by atoms with Gasteiger partial charge in [-0.1, -0.05) is 30.0 Å². The van der Waals surface area contributed by atoms with Crippen molar-refractivity contribution >= 4 is 34.5 Å². The molecule has 1 fully saturated rings. The number of aromatic nitrogens is 2. The molecule has 1 aliphatic heterocycles. The highest BCUT2D eigenvalue weighted by atomic mass is 32.2. The fourth-order valence-corrected chi connectivity index (χ4v) is 3.86. The van der Waals surface area contributed by atoms with E-state index in [0.29, 0.717) is 24.8 Å². The molecule has 0 saturated carbocycles. The fraction of sp³-hybridized carbons (Fsp3) is 0.412. The number of fused-ring (bicyclic) bond motifs is 1. The number of carbonyl (C=O) groups excluding carboxylic acids is 2. The van der Waals surface area contributed by atoms with Crippen LogP contribution in [0.3, 0.4) is 0 Å². The van der Waals surface area contributed by atoms with E-state index in [4.69, 9.17) is 5.73 Å². The van der Waals surface area contributed by atoms with Gasteiger partial charge < -0.3 is 10.6 Å². The van der Waals surface area contributed by atoms with Crippen LogP contribution in [0.25, 0.3) is 10.9 Å². The van der Waals surface area contributed by atoms with Crippen molar-refractivity contribution in [2.75, 3.05) is 18.8 Å². The van der Waals surface area contributed by atoms with Crippen LogP contribution in [-0.2, 0) is 15.8 Å². The predicted molar refractivity (Wildman–Crippen MR) is 93.8 cm³/mol. The SMILES string of the molecule is NC(=O)C1CCCN(C(=O)CSc2nc(C(F)(F)F)nc3ccccc23)C1. The molecule has 27 heavy (non-hydrogen) atoms. The zero-order valence-corrected chi connectivity index (χ0v) is 15.0. The molecule has 10 heteroatoms. The van der Waals surface area contributed by atoms with E-state index in [-0.39, 0.29) is 34.7 Å². The summed E-state index contributed by atoms with van der Waals surface area (Å²) in [5.74, 6) is -2.41. The summed E-state index contributed by atoms with van der Waals surface area (Å²) in [5.41, 5.74) is 5.48. The number of carbonyl (C=O) groups is 2. The van der Waals surface area contributed by atoms with Gasteiger partial charge in [0.1, 0.15) is 5.03 Å². The predicted octanol–water partition coefficient (Wildman–Crippen LogP) is 2.46. The first-order valence-corrected chi connectivity index (χ1v) is 9.28. The minimum atomic E-state index is -4.68. The molecule has 0 radical (unpaired) electrons. The lowest BCUT2D eigenvalue weighted by Crippen LogP contribution is -2.44. The number of alkyl halides is 3. The van der Waals surface area contributed by atoms with E-state index in [1.165, 1.54) is 11.0 Å². The minimum absolute atomic E-state index is 0.0796. The van der Waals surface area contributed by atoms with Gasteiger partial charge in [-0.25, -0.2) is 9.97 Å². The van der Waals surface area contributed by atoms with Crippen molar-refractivity contribution in [2.24, 2.45) is 11.7 Å². The molecule has 2 N–H and O–H groups in total. The topological polar surface area (TPSA) is 89.2 Å². The number of halogens is 3. The Kier molecular flexibility index (Phi) is 5.54. The Morgan fingerprint density at radius 2 is 2.00 bits per heavy atom. The molecule has 0 aliphatic carbocycles. The number of likely N-dealkylation sites (tertiary alicyclic amines) is 1. The number of para-hydroxylation sites is 1. The number of primary amides is 1. The van der Waals surface area contributed by atoms with Crippen LogP contribution >= 0.6 is 11.8 Å². The maximum atomic E-state index is 13.1. The molecule has 6 nitrogen and oxygen atoms in total. The molecule has 144 valence electrons. The number of thioether (sulfide) groups is 1. The number of hydrogen-bond donors (Lipinski definition) is 1. The van der Waals surface area contributed by atoms with Gasteiger partial charge >= 0.3 is 6.18 Å². The summed E-state index contributed by atoms with van der Waals surface area (Å²) >= 11 is 0.933. The molecule has 0 spiro atoms. The molecule has 1 saturated heterocycles. The standard InChI is InChI=1S/C17H17F3N4O2S/c18-17(19,20)16-22-12-6-2-1-5-11(12)15(23-16)27-9-13(25)24-7-3-4-10(8-24)14(21)26/h1-2,5-6,10H,3-4,7-9H2,(H2,21,26). The van der Waals surface area contributed by atoms with Gasteiger partial charge in [0, 0.05) is 18.5 Å². The lowest BCUT2D eigenvalue weighted by atomic mass is 9.97. The number of hydrogen-bond acceptors (Lipinski definition) is 5. The molecule has 3 rings (SSSR count). The zero-order valence-electron chi connectivity index (χ0n) is 14.2. The van der Waals surface area contributed by atoms with E-state index in [2.05, 4.69) is 9.97 Å². The Bertz CT molecular complexity index is 875. The second kappa shape index (κ2) is 7.71. The Morgan fingerprint density at radius 1 is 1.26 bits per heavy atom. The normalized spacial score (nSPS) is 17.9. The molecule has 1 aromatic carbocycles. The molecule has 1 atom stereocenters. The number of benzene rings is 1. The van der Waals surface area contributed by atoms with Gasteiger partial charge in [-0.3, -0.25) is 9.59 Å². The summed E-state index contributed by atoms with van der Waals surface area (Å²) in [5, 5.41) is 0.557. The van der Waals surface area contributed by atoms with Crippen LogP contribution in [0.5, 0.6) is 0 Å². The van der Waals surface area contributed by atoms with Crippen LogP contribution in [0.2, 0.25) is 0 Å². The summed E-state index contributed by atoms with van der Waals surface area (Å²) in [4.78, 5) is 32.5. The van der Waals surface area contributed by atoms with Crippen molar-refractivity contribution < 1.29 is 22.8 Å². The van der Waals surface area contributed by atoms with Crippen molar-refractivity contribution in [1.29, 1.82) is 0 Å². The first kappa shape index (κ1) is 19.4. The number of nitrogens with two attached hydrogens (primary N) is 1. The van der Waals surface area contributed by atoms with E-state index < -0.39 is 17.9 Å². The van der Waals surface area contributed by atoms with Crippen molar-refractivity contribution in [3.8, 4) is 0 Å². The number of rotatable bonds is 4. The molecular weight excluding hydrogens is 381 g/mol. The highest BCUT2D eigenvalue weighted by Crippen LogP contribution is 2.32. The summed E-state index contributed by atoms with van der Waals surface area (Å²) < 4.78 is 39.2. The Morgan fingerprint density at radius 3 is 2.70 bits per heavy atom. The van der Waals surface area contributed by atoms with Crippen LogP contribution in [0.4, 0.5) is 13.2 Å². The van der Waals surface area contributed by atoms with Crippen molar-refractivity contribution in [2.45, 2.75) is 24.0 Å². The smallest absolute Gasteiger partial charge is 0.369 e. The van der Waals surface area contributed by atoms with E-state index in [9.17, 15) is 22.8 Å². The van der Waals surface area contributed by atoms with E-state index in [1.807, 2.05) is 0 Å². The van der Waals surface area contributed by atoms with Crippen molar-refractivity contribution in [3.05, 3.63) is 30.1 Å². The summed E-state index contributed by atoms with van der Waals surface area (Å²) in [6.45, 7) is 0.745. The summed E-state index contributed by atoms with van der Waals surface area (Å²) in [6.07, 6.45) is -3.37. The number of amides is 2. The maximum absolute atomic E-state index is 13.1. The van der Waals surface area contributed by atoms with Gasteiger partial charge in [-0.15, -0.1) is 0 Å². The van der Waals surface area contributed by atoms with Gasteiger partial charge in [0.2, 0.25) is 17.6 Å². The average molecular weight is 398 g/mol. The zero-order chi connectivity index (χ0) is 19.6. The van der Waals surface area contributed by atoms with Gasteiger partial charge in [-0.2, -0.15) is 13.2 Å². The van der Waals surface area contributed by atoms with Crippen LogP contribution < -0.4 is 5.73 Å². The number of piperidine rings is 1. The van der Waals surface area contributed by atoms with Crippen LogP contribution in [-0.4, -0.2) is 45.5 Å². The second-order valence-electron chi connectivity index (χ2n) is 6.24. The molecule has 1 aliphatic rings. The third-order valence-corrected chi connectivity index (χ3v) is 5.31. The van der Waals surface area contributed by atoms with Crippen LogP contribution in [0, 0.1) is 5.92 Å². The molecule has 0 bridgehead atoms. The number of nitrogens with zero attached hydrogens (tertiary/aromatic N) is 3. The molecule has 1 aromatic heterocycles. The Balaban J connectivity index is 1.78. The maximum Gasteiger partial charge on any atom is 0.451 e. The lowest BCUT2D eigenvalue weighted by molar-refractivity contribution is -0.145. The van der Waals surface area contributed by atoms with Crippen molar-refractivity contribution in [3.63, 3.8) is 0 Å². The minimum Gasteiger partial charge on any atom is -0.369 e. The molecule has 2 amide bonds.